The molecule has 2 unspecified atom stereocenters. The van der Waals surface area contributed by atoms with Gasteiger partial charge >= 0.3 is 0 Å². The lowest BCUT2D eigenvalue weighted by Gasteiger charge is -2.22. The van der Waals surface area contributed by atoms with Gasteiger partial charge in [0.1, 0.15) is 0 Å². The molecule has 1 rings (SSSR count). The smallest absolute Gasteiger partial charge is 0.0897 e. The molecule has 0 heterocycles. The van der Waals surface area contributed by atoms with Crippen LogP contribution in [0, 0.1) is 5.92 Å². The molecule has 0 fully saturated rings. The lowest BCUT2D eigenvalue weighted by atomic mass is 10.1. The van der Waals surface area contributed by atoms with Crippen molar-refractivity contribution in [1.82, 2.24) is 5.32 Å². The number of hydrogen-bond acceptors (Lipinski definition) is 4. The molecule has 2 atom stereocenters. The predicted molar refractivity (Wildman–Crippen MR) is 80.8 cm³/mol. The van der Waals surface area contributed by atoms with Crippen LogP contribution in [0.4, 0.5) is 0 Å². The summed E-state index contributed by atoms with van der Waals surface area (Å²) in [6.45, 7) is 5.11. The zero-order valence-electron chi connectivity index (χ0n) is 12.1. The van der Waals surface area contributed by atoms with E-state index in [1.165, 1.54) is 0 Å². The molecule has 0 amide bonds. The minimum absolute atomic E-state index is 0.00628. The van der Waals surface area contributed by atoms with Crippen LogP contribution in [0.2, 0.25) is 5.02 Å². The molecule has 3 N–H and O–H groups in total. The molecular weight excluding hydrogens is 278 g/mol. The van der Waals surface area contributed by atoms with Gasteiger partial charge in [-0.25, -0.2) is 0 Å². The summed E-state index contributed by atoms with van der Waals surface area (Å²) in [6, 6.07) is 7.47. The second-order valence-electron chi connectivity index (χ2n) is 5.20. The minimum Gasteiger partial charge on any atom is -0.395 e. The first kappa shape index (κ1) is 17.4. The monoisotopic (exact) mass is 301 g/mol. The van der Waals surface area contributed by atoms with E-state index in [0.29, 0.717) is 24.1 Å². The van der Waals surface area contributed by atoms with Gasteiger partial charge in [-0.2, -0.15) is 0 Å². The Morgan fingerprint density at radius 3 is 2.60 bits per heavy atom. The van der Waals surface area contributed by atoms with Crippen molar-refractivity contribution in [1.29, 1.82) is 0 Å². The maximum absolute atomic E-state index is 9.82. The van der Waals surface area contributed by atoms with Crippen molar-refractivity contribution < 1.29 is 14.9 Å². The van der Waals surface area contributed by atoms with Crippen molar-refractivity contribution in [3.05, 3.63) is 34.9 Å². The van der Waals surface area contributed by atoms with Gasteiger partial charge < -0.3 is 20.3 Å². The second-order valence-corrected chi connectivity index (χ2v) is 5.61. The van der Waals surface area contributed by atoms with Gasteiger partial charge in [-0.15, -0.1) is 0 Å². The summed E-state index contributed by atoms with van der Waals surface area (Å²) in [4.78, 5) is 0. The van der Waals surface area contributed by atoms with E-state index in [1.54, 1.807) is 0 Å². The third kappa shape index (κ3) is 6.20. The summed E-state index contributed by atoms with van der Waals surface area (Å²) in [7, 11) is 0. The molecule has 0 saturated carbocycles. The highest BCUT2D eigenvalue weighted by molar-refractivity contribution is 6.31. The van der Waals surface area contributed by atoms with Gasteiger partial charge in [0.15, 0.2) is 0 Å². The normalized spacial score (nSPS) is 14.5. The molecule has 114 valence electrons. The molecule has 1 aromatic rings. The van der Waals surface area contributed by atoms with Crippen molar-refractivity contribution in [2.75, 3.05) is 19.8 Å². The van der Waals surface area contributed by atoms with Crippen molar-refractivity contribution in [2.45, 2.75) is 32.6 Å². The van der Waals surface area contributed by atoms with Gasteiger partial charge in [0.25, 0.3) is 0 Å². The van der Waals surface area contributed by atoms with E-state index in [4.69, 9.17) is 16.3 Å². The van der Waals surface area contributed by atoms with Crippen molar-refractivity contribution >= 4 is 11.6 Å². The lowest BCUT2D eigenvalue weighted by Crippen LogP contribution is -2.42. The molecule has 0 aromatic heterocycles. The van der Waals surface area contributed by atoms with Crippen LogP contribution in [-0.4, -0.2) is 42.1 Å². The van der Waals surface area contributed by atoms with E-state index in [1.807, 2.05) is 38.1 Å². The number of ether oxygens (including phenoxy) is 1. The standard InChI is InChI=1S/C15H24ClNO3/c1-11(2)15(8-18)17-7-13(19)10-20-9-12-5-3-4-6-14(12)16/h3-6,11,13,15,17-19H,7-10H2,1-2H3. The Kier molecular flexibility index (Phi) is 8.11. The molecule has 0 bridgehead atoms. The summed E-state index contributed by atoms with van der Waals surface area (Å²) in [5.74, 6) is 0.316. The average Bonchev–Trinajstić information content (AvgIpc) is 2.41. The fourth-order valence-corrected chi connectivity index (χ4v) is 1.97. The summed E-state index contributed by atoms with van der Waals surface area (Å²) in [5.41, 5.74) is 0.907. The molecule has 0 aliphatic rings. The quantitative estimate of drug-likeness (QED) is 0.651. The number of aliphatic hydroxyl groups excluding tert-OH is 2. The second kappa shape index (κ2) is 9.32. The van der Waals surface area contributed by atoms with Crippen LogP contribution in [0.3, 0.4) is 0 Å². The van der Waals surface area contributed by atoms with Gasteiger partial charge in [0.2, 0.25) is 0 Å². The van der Waals surface area contributed by atoms with Crippen molar-refractivity contribution in [3.63, 3.8) is 0 Å². The highest BCUT2D eigenvalue weighted by Crippen LogP contribution is 2.15. The summed E-state index contributed by atoms with van der Waals surface area (Å²) < 4.78 is 5.45. The summed E-state index contributed by atoms with van der Waals surface area (Å²) >= 11 is 6.01. The van der Waals surface area contributed by atoms with Gasteiger partial charge in [0.05, 0.1) is 25.9 Å². The minimum atomic E-state index is -0.606. The molecule has 0 saturated heterocycles. The zero-order chi connectivity index (χ0) is 15.0. The Morgan fingerprint density at radius 1 is 1.30 bits per heavy atom. The Balaban J connectivity index is 2.23. The maximum atomic E-state index is 9.82. The topological polar surface area (TPSA) is 61.7 Å². The molecule has 0 spiro atoms. The van der Waals surface area contributed by atoms with Crippen LogP contribution in [-0.2, 0) is 11.3 Å². The van der Waals surface area contributed by atoms with Crippen molar-refractivity contribution in [3.8, 4) is 0 Å². The van der Waals surface area contributed by atoms with E-state index in [2.05, 4.69) is 5.32 Å². The summed E-state index contributed by atoms with van der Waals surface area (Å²) in [5, 5.41) is 22.8. The fourth-order valence-electron chi connectivity index (χ4n) is 1.78. The molecule has 0 aliphatic carbocycles. The molecular formula is C15H24ClNO3. The summed E-state index contributed by atoms with van der Waals surface area (Å²) in [6.07, 6.45) is -0.606. The van der Waals surface area contributed by atoms with E-state index in [9.17, 15) is 10.2 Å². The SMILES string of the molecule is CC(C)C(CO)NCC(O)COCc1ccccc1Cl. The first-order valence-electron chi connectivity index (χ1n) is 6.88. The van der Waals surface area contributed by atoms with E-state index >= 15 is 0 Å². The fraction of sp³-hybridized carbons (Fsp3) is 0.600. The van der Waals surface area contributed by atoms with Crippen LogP contribution < -0.4 is 5.32 Å². The highest BCUT2D eigenvalue weighted by Gasteiger charge is 2.13. The third-order valence-electron chi connectivity index (χ3n) is 3.14. The molecule has 20 heavy (non-hydrogen) atoms. The Labute approximate surface area is 125 Å². The number of halogens is 1. The Bertz CT molecular complexity index is 387. The molecule has 4 nitrogen and oxygen atoms in total. The number of rotatable bonds is 9. The molecule has 0 aliphatic heterocycles. The van der Waals surface area contributed by atoms with E-state index in [0.717, 1.165) is 5.56 Å². The van der Waals surface area contributed by atoms with Crippen molar-refractivity contribution in [2.24, 2.45) is 5.92 Å². The maximum Gasteiger partial charge on any atom is 0.0897 e. The van der Waals surface area contributed by atoms with Gasteiger partial charge in [-0.3, -0.25) is 0 Å². The van der Waals surface area contributed by atoms with Crippen LogP contribution >= 0.6 is 11.6 Å². The molecule has 5 heteroatoms. The van der Waals surface area contributed by atoms with Gasteiger partial charge in [0, 0.05) is 17.6 Å². The van der Waals surface area contributed by atoms with Gasteiger partial charge in [-0.1, -0.05) is 43.6 Å². The largest absolute Gasteiger partial charge is 0.395 e. The van der Waals surface area contributed by atoms with E-state index < -0.39 is 6.10 Å². The average molecular weight is 302 g/mol. The molecule has 1 aromatic carbocycles. The van der Waals surface area contributed by atoms with Crippen LogP contribution in [0.25, 0.3) is 0 Å². The molecule has 0 radical (unpaired) electrons. The first-order valence-corrected chi connectivity index (χ1v) is 7.25. The van der Waals surface area contributed by atoms with Crippen LogP contribution in [0.5, 0.6) is 0 Å². The number of hydrogen-bond donors (Lipinski definition) is 3. The number of nitrogens with one attached hydrogen (secondary N) is 1. The highest BCUT2D eigenvalue weighted by atomic mass is 35.5. The number of aliphatic hydroxyl groups is 2. The lowest BCUT2D eigenvalue weighted by molar-refractivity contribution is 0.0255. The van der Waals surface area contributed by atoms with Gasteiger partial charge in [-0.05, 0) is 17.5 Å². The predicted octanol–water partition coefficient (Wildman–Crippen LogP) is 1.82. The number of benzene rings is 1. The van der Waals surface area contributed by atoms with Crippen LogP contribution in [0.15, 0.2) is 24.3 Å². The Hall–Kier alpha value is -0.650. The van der Waals surface area contributed by atoms with Crippen LogP contribution in [0.1, 0.15) is 19.4 Å². The van der Waals surface area contributed by atoms with E-state index in [-0.39, 0.29) is 19.3 Å². The Morgan fingerprint density at radius 2 is 2.00 bits per heavy atom. The third-order valence-corrected chi connectivity index (χ3v) is 3.51. The zero-order valence-corrected chi connectivity index (χ0v) is 12.8. The first-order chi connectivity index (χ1) is 9.54.